The van der Waals surface area contributed by atoms with Gasteiger partial charge >= 0.3 is 5.97 Å². The standard InChI is InChI=1S/C17H30O3/c1-4-17(20-16(3)19)14-12-10-8-6-5-7-9-11-13-15(2)18/h6,8,17H,4-5,7,9-14H2,1-3H3. The van der Waals surface area contributed by atoms with Crippen LogP contribution in [-0.2, 0) is 14.3 Å². The Labute approximate surface area is 123 Å². The molecule has 0 spiro atoms. The number of carbonyl (C=O) groups is 2. The van der Waals surface area contributed by atoms with Crippen LogP contribution in [0.1, 0.15) is 78.6 Å². The van der Waals surface area contributed by atoms with E-state index < -0.39 is 0 Å². The number of allylic oxidation sites excluding steroid dienone is 2. The van der Waals surface area contributed by atoms with Crippen LogP contribution in [0.2, 0.25) is 0 Å². The van der Waals surface area contributed by atoms with E-state index in [1.54, 1.807) is 6.92 Å². The summed E-state index contributed by atoms with van der Waals surface area (Å²) in [6, 6.07) is 0. The fourth-order valence-corrected chi connectivity index (χ4v) is 2.09. The summed E-state index contributed by atoms with van der Waals surface area (Å²) >= 11 is 0. The number of hydrogen-bond acceptors (Lipinski definition) is 3. The number of rotatable bonds is 12. The second kappa shape index (κ2) is 12.9. The number of ketones is 1. The van der Waals surface area contributed by atoms with Crippen LogP contribution < -0.4 is 0 Å². The molecule has 1 unspecified atom stereocenters. The average Bonchev–Trinajstić information content (AvgIpc) is 2.38. The van der Waals surface area contributed by atoms with Gasteiger partial charge in [0.1, 0.15) is 11.9 Å². The summed E-state index contributed by atoms with van der Waals surface area (Å²) in [5.41, 5.74) is 0. The molecule has 0 bridgehead atoms. The maximum atomic E-state index is 10.9. The van der Waals surface area contributed by atoms with Crippen LogP contribution in [0.15, 0.2) is 12.2 Å². The molecule has 0 aliphatic carbocycles. The van der Waals surface area contributed by atoms with Gasteiger partial charge in [0.2, 0.25) is 0 Å². The molecule has 0 aromatic carbocycles. The maximum absolute atomic E-state index is 10.9. The summed E-state index contributed by atoms with van der Waals surface area (Å²) in [6.45, 7) is 5.17. The summed E-state index contributed by atoms with van der Waals surface area (Å²) in [6.07, 6.45) is 13.6. The summed E-state index contributed by atoms with van der Waals surface area (Å²) in [5, 5.41) is 0. The first-order chi connectivity index (χ1) is 9.56. The number of carbonyl (C=O) groups excluding carboxylic acids is 2. The summed E-state index contributed by atoms with van der Waals surface area (Å²) < 4.78 is 5.20. The third kappa shape index (κ3) is 13.3. The van der Waals surface area contributed by atoms with Crippen LogP contribution in [0.25, 0.3) is 0 Å². The number of esters is 1. The number of unbranched alkanes of at least 4 members (excludes halogenated alkanes) is 4. The summed E-state index contributed by atoms with van der Waals surface area (Å²) in [7, 11) is 0. The minimum atomic E-state index is -0.182. The van der Waals surface area contributed by atoms with Gasteiger partial charge in [0.05, 0.1) is 0 Å². The van der Waals surface area contributed by atoms with E-state index in [9.17, 15) is 9.59 Å². The molecular weight excluding hydrogens is 252 g/mol. The van der Waals surface area contributed by atoms with Crippen molar-refractivity contribution < 1.29 is 14.3 Å². The van der Waals surface area contributed by atoms with E-state index in [1.807, 2.05) is 6.92 Å². The number of Topliss-reactive ketones (excluding diaryl/α,β-unsaturated/α-hetero) is 1. The van der Waals surface area contributed by atoms with Crippen LogP contribution >= 0.6 is 0 Å². The summed E-state index contributed by atoms with van der Waals surface area (Å²) in [5.74, 6) is 0.108. The molecule has 0 saturated carbocycles. The minimum absolute atomic E-state index is 0.0764. The van der Waals surface area contributed by atoms with E-state index in [2.05, 4.69) is 12.2 Å². The molecule has 0 aromatic heterocycles. The Morgan fingerprint density at radius 3 is 2.20 bits per heavy atom. The van der Waals surface area contributed by atoms with E-state index in [1.165, 1.54) is 6.92 Å². The van der Waals surface area contributed by atoms with Crippen molar-refractivity contribution in [2.45, 2.75) is 84.7 Å². The van der Waals surface area contributed by atoms with Gasteiger partial charge in [-0.1, -0.05) is 25.5 Å². The van der Waals surface area contributed by atoms with E-state index in [0.717, 1.165) is 57.8 Å². The fraction of sp³-hybridized carbons (Fsp3) is 0.765. The molecule has 3 heteroatoms. The molecule has 0 radical (unpaired) electrons. The molecule has 0 heterocycles. The zero-order valence-corrected chi connectivity index (χ0v) is 13.3. The van der Waals surface area contributed by atoms with Gasteiger partial charge in [-0.25, -0.2) is 0 Å². The highest BCUT2D eigenvalue weighted by atomic mass is 16.5. The van der Waals surface area contributed by atoms with Crippen LogP contribution in [0.3, 0.4) is 0 Å². The first-order valence-corrected chi connectivity index (χ1v) is 7.88. The van der Waals surface area contributed by atoms with E-state index in [4.69, 9.17) is 4.74 Å². The molecule has 3 nitrogen and oxygen atoms in total. The molecule has 0 N–H and O–H groups in total. The molecule has 0 amide bonds. The van der Waals surface area contributed by atoms with Gasteiger partial charge < -0.3 is 9.53 Å². The van der Waals surface area contributed by atoms with Crippen molar-refractivity contribution in [1.82, 2.24) is 0 Å². The van der Waals surface area contributed by atoms with E-state index in [0.29, 0.717) is 5.78 Å². The van der Waals surface area contributed by atoms with Gasteiger partial charge in [0.25, 0.3) is 0 Å². The molecule has 0 aliphatic rings. The van der Waals surface area contributed by atoms with Crippen molar-refractivity contribution in [1.29, 1.82) is 0 Å². The van der Waals surface area contributed by atoms with Crippen LogP contribution in [0, 0.1) is 0 Å². The molecular formula is C17H30O3. The second-order valence-corrected chi connectivity index (χ2v) is 5.34. The topological polar surface area (TPSA) is 43.4 Å². The Hall–Kier alpha value is -1.12. The first-order valence-electron chi connectivity index (χ1n) is 7.88. The second-order valence-electron chi connectivity index (χ2n) is 5.34. The minimum Gasteiger partial charge on any atom is -0.463 e. The predicted molar refractivity (Wildman–Crippen MR) is 82.6 cm³/mol. The lowest BCUT2D eigenvalue weighted by atomic mass is 10.1. The Kier molecular flexibility index (Phi) is 12.2. The molecule has 0 rings (SSSR count). The quantitative estimate of drug-likeness (QED) is 0.298. The maximum Gasteiger partial charge on any atom is 0.302 e. The van der Waals surface area contributed by atoms with Gasteiger partial charge in [-0.05, 0) is 51.9 Å². The van der Waals surface area contributed by atoms with Crippen LogP contribution in [0.5, 0.6) is 0 Å². The van der Waals surface area contributed by atoms with Crippen LogP contribution in [-0.4, -0.2) is 17.9 Å². The van der Waals surface area contributed by atoms with Crippen molar-refractivity contribution >= 4 is 11.8 Å². The molecule has 116 valence electrons. The highest BCUT2D eigenvalue weighted by molar-refractivity contribution is 5.75. The monoisotopic (exact) mass is 282 g/mol. The van der Waals surface area contributed by atoms with Gasteiger partial charge in [-0.15, -0.1) is 0 Å². The number of ether oxygens (including phenoxy) is 1. The van der Waals surface area contributed by atoms with Gasteiger partial charge in [-0.3, -0.25) is 4.79 Å². The van der Waals surface area contributed by atoms with Gasteiger partial charge in [0, 0.05) is 13.3 Å². The molecule has 0 fully saturated rings. The Balaban J connectivity index is 3.42. The zero-order valence-electron chi connectivity index (χ0n) is 13.3. The smallest absolute Gasteiger partial charge is 0.302 e. The molecule has 0 saturated heterocycles. The zero-order chi connectivity index (χ0) is 15.2. The van der Waals surface area contributed by atoms with Crippen molar-refractivity contribution in [2.24, 2.45) is 0 Å². The molecule has 0 aromatic rings. The van der Waals surface area contributed by atoms with Gasteiger partial charge in [-0.2, -0.15) is 0 Å². The highest BCUT2D eigenvalue weighted by Gasteiger charge is 2.07. The van der Waals surface area contributed by atoms with E-state index >= 15 is 0 Å². The summed E-state index contributed by atoms with van der Waals surface area (Å²) in [4.78, 5) is 21.6. The SMILES string of the molecule is CCC(CCCC=CCCCCCC(C)=O)OC(C)=O. The molecule has 0 aliphatic heterocycles. The highest BCUT2D eigenvalue weighted by Crippen LogP contribution is 2.10. The molecule has 1 atom stereocenters. The molecule has 20 heavy (non-hydrogen) atoms. The van der Waals surface area contributed by atoms with Crippen molar-refractivity contribution in [3.05, 3.63) is 12.2 Å². The lowest BCUT2D eigenvalue weighted by Crippen LogP contribution is -2.14. The van der Waals surface area contributed by atoms with Crippen molar-refractivity contribution in [3.63, 3.8) is 0 Å². The van der Waals surface area contributed by atoms with Crippen molar-refractivity contribution in [3.8, 4) is 0 Å². The Morgan fingerprint density at radius 2 is 1.65 bits per heavy atom. The van der Waals surface area contributed by atoms with Crippen LogP contribution in [0.4, 0.5) is 0 Å². The fourth-order valence-electron chi connectivity index (χ4n) is 2.09. The third-order valence-corrected chi connectivity index (χ3v) is 3.25. The van der Waals surface area contributed by atoms with Crippen molar-refractivity contribution in [2.75, 3.05) is 0 Å². The predicted octanol–water partition coefficient (Wildman–Crippen LogP) is 4.59. The first kappa shape index (κ1) is 18.9. The lowest BCUT2D eigenvalue weighted by molar-refractivity contribution is -0.146. The third-order valence-electron chi connectivity index (χ3n) is 3.25. The number of hydrogen-bond donors (Lipinski definition) is 0. The average molecular weight is 282 g/mol. The Morgan fingerprint density at radius 1 is 1.00 bits per heavy atom. The largest absolute Gasteiger partial charge is 0.463 e. The normalized spacial score (nSPS) is 12.6. The van der Waals surface area contributed by atoms with E-state index in [-0.39, 0.29) is 12.1 Å². The lowest BCUT2D eigenvalue weighted by Gasteiger charge is -2.13. The van der Waals surface area contributed by atoms with Gasteiger partial charge in [0.15, 0.2) is 0 Å². The Bertz CT molecular complexity index is 295.